The van der Waals surface area contributed by atoms with Gasteiger partial charge in [0.15, 0.2) is 27.3 Å². The predicted octanol–water partition coefficient (Wildman–Crippen LogP) is 0.452. The molecule has 1 atom stereocenters. The van der Waals surface area contributed by atoms with Crippen LogP contribution >= 0.6 is 0 Å². The molecule has 0 spiro atoms. The van der Waals surface area contributed by atoms with Crippen LogP contribution in [0.5, 0.6) is 11.5 Å². The third-order valence-electron chi connectivity index (χ3n) is 4.45. The van der Waals surface area contributed by atoms with Gasteiger partial charge >= 0.3 is 0 Å². The van der Waals surface area contributed by atoms with E-state index in [0.717, 1.165) is 5.56 Å². The molecule has 1 aromatic rings. The van der Waals surface area contributed by atoms with Crippen molar-refractivity contribution >= 4 is 21.7 Å². The number of nitrogens with zero attached hydrogens (tertiary/aromatic N) is 1. The maximum atomic E-state index is 12.0. The fraction of sp³-hybridized carbons (Fsp3) is 0.579. The van der Waals surface area contributed by atoms with Crippen LogP contribution in [-0.2, 0) is 21.2 Å². The van der Waals surface area contributed by atoms with Crippen LogP contribution in [0.25, 0.3) is 0 Å². The lowest BCUT2D eigenvalue weighted by Crippen LogP contribution is -2.41. The van der Waals surface area contributed by atoms with Crippen molar-refractivity contribution in [3.8, 4) is 11.5 Å². The van der Waals surface area contributed by atoms with Crippen molar-refractivity contribution in [1.29, 1.82) is 0 Å². The van der Waals surface area contributed by atoms with E-state index in [9.17, 15) is 13.2 Å². The average Bonchev–Trinajstić information content (AvgIpc) is 3.03. The zero-order valence-corrected chi connectivity index (χ0v) is 18.0. The van der Waals surface area contributed by atoms with Gasteiger partial charge in [-0.2, -0.15) is 0 Å². The Bertz CT molecular complexity index is 826. The Morgan fingerprint density at radius 3 is 2.59 bits per heavy atom. The normalized spacial score (nSPS) is 18.2. The number of sulfone groups is 1. The lowest BCUT2D eigenvalue weighted by Gasteiger charge is -2.13. The maximum absolute atomic E-state index is 12.0. The molecule has 162 valence electrons. The average molecular weight is 427 g/mol. The molecule has 1 saturated heterocycles. The summed E-state index contributed by atoms with van der Waals surface area (Å²) in [6, 6.07) is 5.34. The van der Waals surface area contributed by atoms with Crippen LogP contribution in [0.4, 0.5) is 0 Å². The second-order valence-corrected chi connectivity index (χ2v) is 8.96. The Morgan fingerprint density at radius 2 is 1.97 bits per heavy atom. The van der Waals surface area contributed by atoms with Crippen molar-refractivity contribution in [2.45, 2.75) is 32.4 Å². The topological polar surface area (TPSA) is 118 Å². The number of hydrogen-bond acceptors (Lipinski definition) is 6. The van der Waals surface area contributed by atoms with Crippen LogP contribution in [0.1, 0.15) is 25.3 Å². The number of carbonyl (C=O) groups is 1. The van der Waals surface area contributed by atoms with E-state index in [1.165, 1.54) is 0 Å². The highest BCUT2D eigenvalue weighted by Crippen LogP contribution is 2.27. The number of nitrogens with one attached hydrogen (secondary N) is 3. The van der Waals surface area contributed by atoms with Crippen LogP contribution in [-0.4, -0.2) is 65.1 Å². The Balaban J connectivity index is 1.83. The van der Waals surface area contributed by atoms with Gasteiger partial charge in [0.1, 0.15) is 0 Å². The number of rotatable bonds is 9. The minimum Gasteiger partial charge on any atom is -0.493 e. The molecule has 1 aromatic carbocycles. The van der Waals surface area contributed by atoms with Gasteiger partial charge in [0.2, 0.25) is 5.91 Å². The summed E-state index contributed by atoms with van der Waals surface area (Å²) >= 11 is 0. The SMILES string of the molecule is CCNC(=NCc1ccc(OC)c(OC)c1)NCCC(=O)NC1CCS(=O)(=O)C1. The third-order valence-corrected chi connectivity index (χ3v) is 6.22. The molecule has 9 nitrogen and oxygen atoms in total. The summed E-state index contributed by atoms with van der Waals surface area (Å²) in [6.07, 6.45) is 0.717. The van der Waals surface area contributed by atoms with Gasteiger partial charge in [0, 0.05) is 25.6 Å². The molecule has 1 fully saturated rings. The molecule has 1 amide bonds. The largest absolute Gasteiger partial charge is 0.493 e. The molecule has 0 bridgehead atoms. The monoisotopic (exact) mass is 426 g/mol. The number of methoxy groups -OCH3 is 2. The minimum atomic E-state index is -3.00. The van der Waals surface area contributed by atoms with Crippen molar-refractivity contribution < 1.29 is 22.7 Å². The van der Waals surface area contributed by atoms with Crippen molar-refractivity contribution in [1.82, 2.24) is 16.0 Å². The molecule has 0 aliphatic carbocycles. The second kappa shape index (κ2) is 10.9. The fourth-order valence-electron chi connectivity index (χ4n) is 2.99. The Hall–Kier alpha value is -2.49. The van der Waals surface area contributed by atoms with E-state index in [-0.39, 0.29) is 29.9 Å². The van der Waals surface area contributed by atoms with E-state index in [1.807, 2.05) is 25.1 Å². The van der Waals surface area contributed by atoms with Crippen molar-refractivity contribution in [3.05, 3.63) is 23.8 Å². The lowest BCUT2D eigenvalue weighted by molar-refractivity contribution is -0.121. The molecule has 1 aliphatic heterocycles. The van der Waals surface area contributed by atoms with Gasteiger partial charge in [-0.3, -0.25) is 4.79 Å². The molecular weight excluding hydrogens is 396 g/mol. The second-order valence-electron chi connectivity index (χ2n) is 6.73. The molecular formula is C19H30N4O5S. The number of benzene rings is 1. The van der Waals surface area contributed by atoms with E-state index < -0.39 is 9.84 Å². The number of carbonyl (C=O) groups excluding carboxylic acids is 1. The maximum Gasteiger partial charge on any atom is 0.222 e. The molecule has 3 N–H and O–H groups in total. The summed E-state index contributed by atoms with van der Waals surface area (Å²) in [6.45, 7) is 3.47. The highest BCUT2D eigenvalue weighted by atomic mass is 32.2. The van der Waals surface area contributed by atoms with Crippen molar-refractivity contribution in [2.75, 3.05) is 38.8 Å². The Labute approximate surface area is 172 Å². The zero-order valence-electron chi connectivity index (χ0n) is 17.2. The first-order valence-electron chi connectivity index (χ1n) is 9.59. The Morgan fingerprint density at radius 1 is 1.21 bits per heavy atom. The highest BCUT2D eigenvalue weighted by Gasteiger charge is 2.28. The summed E-state index contributed by atoms with van der Waals surface area (Å²) < 4.78 is 33.5. The van der Waals surface area contributed by atoms with Crippen molar-refractivity contribution in [3.63, 3.8) is 0 Å². The molecule has 2 rings (SSSR count). The summed E-state index contributed by atoms with van der Waals surface area (Å²) in [5, 5.41) is 9.03. The molecule has 0 saturated carbocycles. The van der Waals surface area contributed by atoms with Gasteiger partial charge in [-0.1, -0.05) is 6.07 Å². The predicted molar refractivity (Wildman–Crippen MR) is 112 cm³/mol. The first-order valence-corrected chi connectivity index (χ1v) is 11.4. The summed E-state index contributed by atoms with van der Waals surface area (Å²) in [7, 11) is 0.172. The van der Waals surface area contributed by atoms with Gasteiger partial charge in [-0.25, -0.2) is 13.4 Å². The summed E-state index contributed by atoms with van der Waals surface area (Å²) in [5.74, 6) is 1.90. The first-order chi connectivity index (χ1) is 13.9. The van der Waals surface area contributed by atoms with Gasteiger partial charge in [-0.05, 0) is 31.0 Å². The third kappa shape index (κ3) is 7.45. The summed E-state index contributed by atoms with van der Waals surface area (Å²) in [4.78, 5) is 16.5. The molecule has 10 heteroatoms. The number of ether oxygens (including phenoxy) is 2. The molecule has 0 radical (unpaired) electrons. The quantitative estimate of drug-likeness (QED) is 0.388. The fourth-order valence-corrected chi connectivity index (χ4v) is 4.67. The van der Waals surface area contributed by atoms with Crippen LogP contribution in [0, 0.1) is 0 Å². The number of amides is 1. The highest BCUT2D eigenvalue weighted by molar-refractivity contribution is 7.91. The van der Waals surface area contributed by atoms with E-state index in [4.69, 9.17) is 9.47 Å². The number of aliphatic imine (C=N–C) groups is 1. The smallest absolute Gasteiger partial charge is 0.222 e. The molecule has 1 aliphatic rings. The standard InChI is InChI=1S/C19H30N4O5S/c1-4-20-19(22-12-14-5-6-16(27-2)17(11-14)28-3)21-9-7-18(24)23-15-8-10-29(25,26)13-15/h5-6,11,15H,4,7-10,12-13H2,1-3H3,(H,23,24)(H2,20,21,22). The molecule has 29 heavy (non-hydrogen) atoms. The Kier molecular flexibility index (Phi) is 8.56. The molecule has 1 heterocycles. The zero-order chi connectivity index (χ0) is 21.3. The number of guanidine groups is 1. The van der Waals surface area contributed by atoms with Crippen LogP contribution in [0.3, 0.4) is 0 Å². The van der Waals surface area contributed by atoms with Crippen LogP contribution in [0.15, 0.2) is 23.2 Å². The molecule has 0 aromatic heterocycles. The van der Waals surface area contributed by atoms with Crippen LogP contribution in [0.2, 0.25) is 0 Å². The van der Waals surface area contributed by atoms with Crippen molar-refractivity contribution in [2.24, 2.45) is 4.99 Å². The molecule has 1 unspecified atom stereocenters. The minimum absolute atomic E-state index is 0.0294. The van der Waals surface area contributed by atoms with E-state index in [0.29, 0.717) is 43.5 Å². The van der Waals surface area contributed by atoms with Gasteiger partial charge in [0.25, 0.3) is 0 Å². The van der Waals surface area contributed by atoms with E-state index in [1.54, 1.807) is 14.2 Å². The summed E-state index contributed by atoms with van der Waals surface area (Å²) in [5.41, 5.74) is 0.958. The number of hydrogen-bond donors (Lipinski definition) is 3. The van der Waals surface area contributed by atoms with Gasteiger partial charge in [0.05, 0.1) is 32.3 Å². The van der Waals surface area contributed by atoms with Gasteiger partial charge < -0.3 is 25.4 Å². The van der Waals surface area contributed by atoms with E-state index >= 15 is 0 Å². The first kappa shape index (κ1) is 22.8. The van der Waals surface area contributed by atoms with E-state index in [2.05, 4.69) is 20.9 Å². The van der Waals surface area contributed by atoms with Gasteiger partial charge in [-0.15, -0.1) is 0 Å². The van der Waals surface area contributed by atoms with Crippen LogP contribution < -0.4 is 25.4 Å². The lowest BCUT2D eigenvalue weighted by atomic mass is 10.2.